The fourth-order valence-electron chi connectivity index (χ4n) is 4.08. The molecule has 2 aromatic carbocycles. The van der Waals surface area contributed by atoms with Gasteiger partial charge in [-0.25, -0.2) is 0 Å². The molecular weight excluding hydrogens is 256 g/mol. The maximum Gasteiger partial charge on any atom is 0.0405 e. The Morgan fingerprint density at radius 1 is 0.952 bits per heavy atom. The Bertz CT molecular complexity index is 625. The van der Waals surface area contributed by atoms with Crippen molar-refractivity contribution in [3.63, 3.8) is 0 Å². The van der Waals surface area contributed by atoms with E-state index in [0.717, 1.165) is 19.5 Å². The van der Waals surface area contributed by atoms with E-state index in [1.54, 1.807) is 0 Å². The highest BCUT2D eigenvalue weighted by atomic mass is 15.2. The zero-order valence-corrected chi connectivity index (χ0v) is 12.3. The first-order chi connectivity index (χ1) is 10.4. The molecule has 4 rings (SSSR count). The molecule has 2 aliphatic rings. The molecule has 2 nitrogen and oxygen atoms in total. The normalized spacial score (nSPS) is 20.6. The molecular formula is C19H22N2. The van der Waals surface area contributed by atoms with E-state index in [0.29, 0.717) is 12.0 Å². The largest absolute Gasteiger partial charge is 0.367 e. The van der Waals surface area contributed by atoms with Crippen molar-refractivity contribution in [1.82, 2.24) is 0 Å². The molecule has 0 radical (unpaired) electrons. The van der Waals surface area contributed by atoms with Gasteiger partial charge >= 0.3 is 0 Å². The van der Waals surface area contributed by atoms with Crippen LogP contribution in [0.15, 0.2) is 48.5 Å². The summed E-state index contributed by atoms with van der Waals surface area (Å²) in [4.78, 5) is 2.63. The molecule has 1 heterocycles. The number of anilines is 1. The lowest BCUT2D eigenvalue weighted by molar-refractivity contribution is 0.581. The average molecular weight is 278 g/mol. The summed E-state index contributed by atoms with van der Waals surface area (Å²) >= 11 is 0. The van der Waals surface area contributed by atoms with Crippen molar-refractivity contribution in [3.05, 3.63) is 65.2 Å². The molecule has 1 unspecified atom stereocenters. The van der Waals surface area contributed by atoms with E-state index < -0.39 is 0 Å². The van der Waals surface area contributed by atoms with Crippen LogP contribution in [0, 0.1) is 0 Å². The van der Waals surface area contributed by atoms with Crippen LogP contribution in [0.1, 0.15) is 29.0 Å². The van der Waals surface area contributed by atoms with Crippen LogP contribution in [0.4, 0.5) is 5.69 Å². The summed E-state index contributed by atoms with van der Waals surface area (Å²) < 4.78 is 0. The van der Waals surface area contributed by atoms with Crippen molar-refractivity contribution in [2.24, 2.45) is 5.73 Å². The third kappa shape index (κ3) is 2.14. The Kier molecular flexibility index (Phi) is 3.19. The Balaban J connectivity index is 1.63. The molecule has 1 aliphatic carbocycles. The van der Waals surface area contributed by atoms with Crippen LogP contribution in [-0.4, -0.2) is 19.1 Å². The highest BCUT2D eigenvalue weighted by molar-refractivity contribution is 5.62. The van der Waals surface area contributed by atoms with Crippen LogP contribution >= 0.6 is 0 Å². The van der Waals surface area contributed by atoms with Gasteiger partial charge in [0.2, 0.25) is 0 Å². The predicted octanol–water partition coefficient (Wildman–Crippen LogP) is 3.11. The Labute approximate surface area is 126 Å². The average Bonchev–Trinajstić information content (AvgIpc) is 3.09. The van der Waals surface area contributed by atoms with E-state index in [4.69, 9.17) is 5.73 Å². The molecule has 1 aliphatic heterocycles. The third-order valence-corrected chi connectivity index (χ3v) is 5.09. The van der Waals surface area contributed by atoms with Crippen LogP contribution in [-0.2, 0) is 12.8 Å². The van der Waals surface area contributed by atoms with Gasteiger partial charge in [-0.2, -0.15) is 0 Å². The van der Waals surface area contributed by atoms with E-state index in [-0.39, 0.29) is 0 Å². The number of rotatable bonds is 3. The number of hydrogen-bond donors (Lipinski definition) is 1. The van der Waals surface area contributed by atoms with Crippen LogP contribution in [0.25, 0.3) is 0 Å². The highest BCUT2D eigenvalue weighted by Gasteiger charge is 2.34. The molecule has 0 spiro atoms. The number of nitrogens with two attached hydrogens (primary N) is 1. The Morgan fingerprint density at radius 3 is 2.33 bits per heavy atom. The van der Waals surface area contributed by atoms with E-state index >= 15 is 0 Å². The zero-order valence-electron chi connectivity index (χ0n) is 12.3. The van der Waals surface area contributed by atoms with Gasteiger partial charge in [0, 0.05) is 24.2 Å². The molecule has 21 heavy (non-hydrogen) atoms. The minimum atomic E-state index is 0.606. The molecule has 2 heteroatoms. The van der Waals surface area contributed by atoms with Crippen LogP contribution in [0.3, 0.4) is 0 Å². The van der Waals surface area contributed by atoms with Crippen molar-refractivity contribution in [1.29, 1.82) is 0 Å². The van der Waals surface area contributed by atoms with Gasteiger partial charge in [-0.05, 0) is 48.6 Å². The molecule has 108 valence electrons. The number of para-hydroxylation sites is 1. The second kappa shape index (κ2) is 5.19. The van der Waals surface area contributed by atoms with Crippen LogP contribution < -0.4 is 10.6 Å². The minimum absolute atomic E-state index is 0.606. The second-order valence-electron chi connectivity index (χ2n) is 6.32. The zero-order chi connectivity index (χ0) is 14.2. The standard InChI is InChI=1S/C19H22N2/c20-10-9-16-13-21(19-8-4-3-7-18(16)19)17-11-14-5-1-2-6-15(14)12-17/h1-8,16-17H,9-13,20H2. The van der Waals surface area contributed by atoms with Gasteiger partial charge in [0.1, 0.15) is 0 Å². The van der Waals surface area contributed by atoms with Crippen molar-refractivity contribution < 1.29 is 0 Å². The van der Waals surface area contributed by atoms with Gasteiger partial charge in [-0.1, -0.05) is 42.5 Å². The first kappa shape index (κ1) is 12.9. The lowest BCUT2D eigenvalue weighted by Gasteiger charge is -2.27. The lowest BCUT2D eigenvalue weighted by atomic mass is 9.98. The summed E-state index contributed by atoms with van der Waals surface area (Å²) in [5, 5.41) is 0. The molecule has 0 fully saturated rings. The van der Waals surface area contributed by atoms with Gasteiger partial charge in [-0.15, -0.1) is 0 Å². The third-order valence-electron chi connectivity index (χ3n) is 5.09. The van der Waals surface area contributed by atoms with Crippen LogP contribution in [0.2, 0.25) is 0 Å². The molecule has 2 aromatic rings. The molecule has 2 N–H and O–H groups in total. The predicted molar refractivity (Wildman–Crippen MR) is 87.8 cm³/mol. The topological polar surface area (TPSA) is 29.3 Å². The number of hydrogen-bond acceptors (Lipinski definition) is 2. The summed E-state index contributed by atoms with van der Waals surface area (Å²) in [6, 6.07) is 18.4. The van der Waals surface area contributed by atoms with Gasteiger partial charge in [0.25, 0.3) is 0 Å². The smallest absolute Gasteiger partial charge is 0.0405 e. The molecule has 0 bridgehead atoms. The molecule has 0 saturated carbocycles. The summed E-state index contributed by atoms with van der Waals surface area (Å²) in [7, 11) is 0. The maximum atomic E-state index is 5.81. The number of benzene rings is 2. The Morgan fingerprint density at radius 2 is 1.62 bits per heavy atom. The lowest BCUT2D eigenvalue weighted by Crippen LogP contribution is -2.35. The van der Waals surface area contributed by atoms with Gasteiger partial charge in [0.05, 0.1) is 0 Å². The summed E-state index contributed by atoms with van der Waals surface area (Å²) in [6.45, 7) is 1.91. The Hall–Kier alpha value is -1.80. The van der Waals surface area contributed by atoms with Crippen molar-refractivity contribution in [2.75, 3.05) is 18.0 Å². The van der Waals surface area contributed by atoms with E-state index in [2.05, 4.69) is 53.4 Å². The minimum Gasteiger partial charge on any atom is -0.367 e. The number of fused-ring (bicyclic) bond motifs is 2. The van der Waals surface area contributed by atoms with Gasteiger partial charge in [-0.3, -0.25) is 0 Å². The van der Waals surface area contributed by atoms with Crippen LogP contribution in [0.5, 0.6) is 0 Å². The second-order valence-corrected chi connectivity index (χ2v) is 6.32. The first-order valence-corrected chi connectivity index (χ1v) is 7.99. The fraction of sp³-hybridized carbons (Fsp3) is 0.368. The fourth-order valence-corrected chi connectivity index (χ4v) is 4.08. The highest BCUT2D eigenvalue weighted by Crippen LogP contribution is 2.41. The van der Waals surface area contributed by atoms with E-state index in [9.17, 15) is 0 Å². The SMILES string of the molecule is NCCC1CN(C2Cc3ccccc3C2)c2ccccc21. The van der Waals surface area contributed by atoms with Gasteiger partial charge in [0.15, 0.2) is 0 Å². The first-order valence-electron chi connectivity index (χ1n) is 7.99. The monoisotopic (exact) mass is 278 g/mol. The van der Waals surface area contributed by atoms with Crippen molar-refractivity contribution in [3.8, 4) is 0 Å². The maximum absolute atomic E-state index is 5.81. The summed E-state index contributed by atoms with van der Waals surface area (Å²) in [5.74, 6) is 0.606. The van der Waals surface area contributed by atoms with E-state index in [1.165, 1.54) is 35.2 Å². The van der Waals surface area contributed by atoms with E-state index in [1.807, 2.05) is 0 Å². The molecule has 0 saturated heterocycles. The number of nitrogens with zero attached hydrogens (tertiary/aromatic N) is 1. The van der Waals surface area contributed by atoms with Crippen molar-refractivity contribution >= 4 is 5.69 Å². The molecule has 0 amide bonds. The quantitative estimate of drug-likeness (QED) is 0.934. The van der Waals surface area contributed by atoms with Crippen molar-refractivity contribution in [2.45, 2.75) is 31.2 Å². The molecule has 1 atom stereocenters. The summed E-state index contributed by atoms with van der Waals surface area (Å²) in [5.41, 5.74) is 11.8. The van der Waals surface area contributed by atoms with Gasteiger partial charge < -0.3 is 10.6 Å². The summed E-state index contributed by atoms with van der Waals surface area (Å²) in [6.07, 6.45) is 3.45. The molecule has 0 aromatic heterocycles.